The molecule has 1 fully saturated rings. The second-order valence-electron chi connectivity index (χ2n) is 6.24. The Kier molecular flexibility index (Phi) is 5.12. The number of H-pyrrole nitrogens is 1. The molecule has 0 saturated carbocycles. The number of thiophene rings is 1. The number of hydrogen-bond donors (Lipinski definition) is 1. The van der Waals surface area contributed by atoms with Gasteiger partial charge in [-0.1, -0.05) is 0 Å². The van der Waals surface area contributed by atoms with Gasteiger partial charge in [-0.3, -0.25) is 14.8 Å². The number of nitrogens with one attached hydrogen (secondary N) is 1. The van der Waals surface area contributed by atoms with E-state index in [9.17, 15) is 4.79 Å². The van der Waals surface area contributed by atoms with Crippen molar-refractivity contribution in [3.63, 3.8) is 0 Å². The van der Waals surface area contributed by atoms with E-state index in [0.717, 1.165) is 72.7 Å². The largest absolute Gasteiger partial charge is 0.379 e. The fraction of sp³-hybridized carbons (Fsp3) is 0.529. The lowest BCUT2D eigenvalue weighted by Crippen LogP contribution is -2.45. The van der Waals surface area contributed by atoms with Gasteiger partial charge in [-0.15, -0.1) is 23.1 Å². The molecule has 1 N–H and O–H groups in total. The summed E-state index contributed by atoms with van der Waals surface area (Å²) in [5.41, 5.74) is 3.11. The van der Waals surface area contributed by atoms with Crippen LogP contribution in [0, 0.1) is 0 Å². The molecule has 1 saturated heterocycles. The quantitative estimate of drug-likeness (QED) is 0.808. The summed E-state index contributed by atoms with van der Waals surface area (Å²) < 4.78 is 6.51. The van der Waals surface area contributed by atoms with E-state index in [1.54, 1.807) is 29.3 Å². The van der Waals surface area contributed by atoms with Crippen molar-refractivity contribution in [1.29, 1.82) is 0 Å². The molecule has 25 heavy (non-hydrogen) atoms. The minimum Gasteiger partial charge on any atom is -0.379 e. The van der Waals surface area contributed by atoms with Gasteiger partial charge in [0.1, 0.15) is 0 Å². The smallest absolute Gasteiger partial charge is 0.256 e. The van der Waals surface area contributed by atoms with Crippen LogP contribution < -0.4 is 0 Å². The van der Waals surface area contributed by atoms with Crippen LogP contribution in [0.2, 0.25) is 0 Å². The molecule has 0 atom stereocenters. The lowest BCUT2D eigenvalue weighted by molar-refractivity contribution is 0.0322. The SMILES string of the molecule is CSc1sc(-c2ccn[nH]2)c2c1C(=O)N(CCN1CCOCC1)CC2. The van der Waals surface area contributed by atoms with E-state index < -0.39 is 0 Å². The minimum absolute atomic E-state index is 0.181. The topological polar surface area (TPSA) is 61.5 Å². The molecular formula is C17H22N4O2S2. The van der Waals surface area contributed by atoms with Gasteiger partial charge in [-0.05, 0) is 24.3 Å². The van der Waals surface area contributed by atoms with Crippen LogP contribution in [-0.2, 0) is 11.2 Å². The van der Waals surface area contributed by atoms with Crippen LogP contribution in [0.4, 0.5) is 0 Å². The number of rotatable bonds is 5. The predicted octanol–water partition coefficient (Wildman–Crippen LogP) is 2.19. The minimum atomic E-state index is 0.181. The third kappa shape index (κ3) is 3.36. The third-order valence-electron chi connectivity index (χ3n) is 4.83. The summed E-state index contributed by atoms with van der Waals surface area (Å²) >= 11 is 3.37. The molecule has 0 radical (unpaired) electrons. The number of hydrogen-bond acceptors (Lipinski definition) is 6. The standard InChI is InChI=1S/C17H22N4O2S2/c1-24-17-14-12(15(25-17)13-2-4-18-19-13)3-5-21(16(14)22)7-6-20-8-10-23-11-9-20/h2,4H,3,5-11H2,1H3,(H,18,19). The first-order chi connectivity index (χ1) is 12.3. The van der Waals surface area contributed by atoms with Crippen LogP contribution in [0.15, 0.2) is 16.5 Å². The number of aromatic nitrogens is 2. The Morgan fingerprint density at radius 1 is 1.32 bits per heavy atom. The van der Waals surface area contributed by atoms with Crippen molar-refractivity contribution in [2.75, 3.05) is 52.2 Å². The number of amides is 1. The molecule has 1 amide bonds. The van der Waals surface area contributed by atoms with E-state index in [-0.39, 0.29) is 5.91 Å². The molecule has 0 aliphatic carbocycles. The zero-order valence-electron chi connectivity index (χ0n) is 14.3. The number of ether oxygens (including phenoxy) is 1. The lowest BCUT2D eigenvalue weighted by Gasteiger charge is -2.32. The molecule has 134 valence electrons. The van der Waals surface area contributed by atoms with Crippen molar-refractivity contribution in [1.82, 2.24) is 20.0 Å². The van der Waals surface area contributed by atoms with Crippen LogP contribution in [-0.4, -0.2) is 78.1 Å². The van der Waals surface area contributed by atoms with Crippen LogP contribution in [0.25, 0.3) is 10.6 Å². The van der Waals surface area contributed by atoms with Crippen molar-refractivity contribution in [2.24, 2.45) is 0 Å². The zero-order valence-corrected chi connectivity index (χ0v) is 15.9. The van der Waals surface area contributed by atoms with Crippen LogP contribution in [0.1, 0.15) is 15.9 Å². The van der Waals surface area contributed by atoms with Gasteiger partial charge in [0.05, 0.1) is 33.6 Å². The van der Waals surface area contributed by atoms with E-state index >= 15 is 0 Å². The van der Waals surface area contributed by atoms with Crippen molar-refractivity contribution >= 4 is 29.0 Å². The van der Waals surface area contributed by atoms with E-state index in [1.807, 2.05) is 17.2 Å². The highest BCUT2D eigenvalue weighted by Crippen LogP contribution is 2.42. The Labute approximate surface area is 155 Å². The Balaban J connectivity index is 1.53. The van der Waals surface area contributed by atoms with E-state index in [2.05, 4.69) is 15.1 Å². The van der Waals surface area contributed by atoms with Crippen molar-refractivity contribution < 1.29 is 9.53 Å². The number of thioether (sulfide) groups is 1. The molecule has 2 aliphatic rings. The summed E-state index contributed by atoms with van der Waals surface area (Å²) in [4.78, 5) is 18.7. The molecule has 2 aromatic heterocycles. The Morgan fingerprint density at radius 3 is 2.88 bits per heavy atom. The third-order valence-corrected chi connectivity index (χ3v) is 7.21. The van der Waals surface area contributed by atoms with E-state index in [0.29, 0.717) is 0 Å². The molecule has 0 bridgehead atoms. The van der Waals surface area contributed by atoms with E-state index in [4.69, 9.17) is 4.74 Å². The van der Waals surface area contributed by atoms with Gasteiger partial charge in [0.2, 0.25) is 0 Å². The van der Waals surface area contributed by atoms with Gasteiger partial charge in [-0.25, -0.2) is 0 Å². The second-order valence-corrected chi connectivity index (χ2v) is 8.34. The first-order valence-corrected chi connectivity index (χ1v) is 10.6. The number of aromatic amines is 1. The maximum Gasteiger partial charge on any atom is 0.256 e. The number of carbonyl (C=O) groups is 1. The first-order valence-electron chi connectivity index (χ1n) is 8.56. The van der Waals surface area contributed by atoms with E-state index in [1.165, 1.54) is 5.56 Å². The van der Waals surface area contributed by atoms with Gasteiger partial charge >= 0.3 is 0 Å². The van der Waals surface area contributed by atoms with Crippen LogP contribution in [0.5, 0.6) is 0 Å². The van der Waals surface area contributed by atoms with Gasteiger partial charge in [0.15, 0.2) is 0 Å². The molecule has 0 unspecified atom stereocenters. The molecule has 4 rings (SSSR count). The normalized spacial score (nSPS) is 18.6. The van der Waals surface area contributed by atoms with Crippen LogP contribution >= 0.6 is 23.1 Å². The molecular weight excluding hydrogens is 356 g/mol. The number of fused-ring (bicyclic) bond motifs is 1. The maximum atomic E-state index is 13.1. The molecule has 2 aliphatic heterocycles. The van der Waals surface area contributed by atoms with Crippen LogP contribution in [0.3, 0.4) is 0 Å². The average Bonchev–Trinajstić information content (AvgIpc) is 3.29. The lowest BCUT2D eigenvalue weighted by atomic mass is 10.0. The highest BCUT2D eigenvalue weighted by Gasteiger charge is 2.32. The number of nitrogens with zero attached hydrogens (tertiary/aromatic N) is 3. The monoisotopic (exact) mass is 378 g/mol. The molecule has 8 heteroatoms. The number of morpholine rings is 1. The molecule has 6 nitrogen and oxygen atoms in total. The van der Waals surface area contributed by atoms with Crippen molar-refractivity contribution in [3.8, 4) is 10.6 Å². The maximum absolute atomic E-state index is 13.1. The zero-order chi connectivity index (χ0) is 17.2. The van der Waals surface area contributed by atoms with Gasteiger partial charge in [-0.2, -0.15) is 5.10 Å². The van der Waals surface area contributed by atoms with Gasteiger partial charge < -0.3 is 9.64 Å². The van der Waals surface area contributed by atoms with Gasteiger partial charge in [0, 0.05) is 38.9 Å². The fourth-order valence-electron chi connectivity index (χ4n) is 3.45. The van der Waals surface area contributed by atoms with Gasteiger partial charge in [0.25, 0.3) is 5.91 Å². The average molecular weight is 379 g/mol. The fourth-order valence-corrected chi connectivity index (χ4v) is 5.49. The predicted molar refractivity (Wildman–Crippen MR) is 101 cm³/mol. The summed E-state index contributed by atoms with van der Waals surface area (Å²) in [7, 11) is 0. The summed E-state index contributed by atoms with van der Waals surface area (Å²) in [5, 5.41) is 7.10. The molecule has 0 aromatic carbocycles. The second kappa shape index (κ2) is 7.49. The Hall–Kier alpha value is -1.35. The molecule has 0 spiro atoms. The Bertz CT molecular complexity index is 738. The number of carbonyl (C=O) groups excluding carboxylic acids is 1. The molecule has 4 heterocycles. The van der Waals surface area contributed by atoms with Crippen molar-refractivity contribution in [3.05, 3.63) is 23.4 Å². The summed E-state index contributed by atoms with van der Waals surface area (Å²) in [6, 6.07) is 1.98. The first kappa shape index (κ1) is 17.1. The highest BCUT2D eigenvalue weighted by atomic mass is 32.2. The Morgan fingerprint density at radius 2 is 2.16 bits per heavy atom. The molecule has 2 aromatic rings. The highest BCUT2D eigenvalue weighted by molar-refractivity contribution is 8.00. The summed E-state index contributed by atoms with van der Waals surface area (Å²) in [6.07, 6.45) is 4.72. The summed E-state index contributed by atoms with van der Waals surface area (Å²) in [5.74, 6) is 0.181. The van der Waals surface area contributed by atoms with Crippen molar-refractivity contribution in [2.45, 2.75) is 10.6 Å². The summed E-state index contributed by atoms with van der Waals surface area (Å²) in [6.45, 7) is 6.04.